The van der Waals surface area contributed by atoms with E-state index >= 15 is 0 Å². The number of thiazole rings is 1. The molecule has 0 bridgehead atoms. The van der Waals surface area contributed by atoms with Gasteiger partial charge in [0.25, 0.3) is 11.8 Å². The van der Waals surface area contributed by atoms with Crippen LogP contribution in [0.4, 0.5) is 5.69 Å². The lowest BCUT2D eigenvalue weighted by atomic mass is 10.0. The average Bonchev–Trinajstić information content (AvgIpc) is 3.37. The lowest BCUT2D eigenvalue weighted by molar-refractivity contribution is -0.134. The van der Waals surface area contributed by atoms with Gasteiger partial charge in [-0.3, -0.25) is 24.7 Å². The third kappa shape index (κ3) is 6.37. The van der Waals surface area contributed by atoms with Gasteiger partial charge in [-0.15, -0.1) is 11.3 Å². The number of aromatic nitrogens is 1. The Balaban J connectivity index is 1.83. The van der Waals surface area contributed by atoms with E-state index in [1.807, 2.05) is 0 Å². The second kappa shape index (κ2) is 11.8. The molecule has 11 nitrogen and oxygen atoms in total. The molecule has 1 aromatic carbocycles. The Morgan fingerprint density at radius 3 is 2.47 bits per heavy atom. The zero-order chi connectivity index (χ0) is 24.7. The topological polar surface area (TPSA) is 141 Å². The van der Waals surface area contributed by atoms with E-state index in [0.717, 1.165) is 4.31 Å². The summed E-state index contributed by atoms with van der Waals surface area (Å²) >= 11 is 1.19. The fourth-order valence-electron chi connectivity index (χ4n) is 3.67. The third-order valence-corrected chi connectivity index (χ3v) is 8.10. The molecule has 1 atom stereocenters. The molecule has 3 rings (SSSR count). The molecule has 0 saturated carbocycles. The maximum Gasteiger partial charge on any atom is 0.267 e. The van der Waals surface area contributed by atoms with Crippen LogP contribution in [-0.4, -0.2) is 85.1 Å². The minimum Gasteiger partial charge on any atom is -0.379 e. The number of benzene rings is 1. The van der Waals surface area contributed by atoms with Crippen molar-refractivity contribution in [3.05, 3.63) is 40.8 Å². The molecule has 1 aliphatic heterocycles. The highest BCUT2D eigenvalue weighted by atomic mass is 32.2. The number of morpholine rings is 1. The number of hydroxylamine groups is 1. The summed E-state index contributed by atoms with van der Waals surface area (Å²) in [5, 5.41) is 12.0. The van der Waals surface area contributed by atoms with Gasteiger partial charge in [-0.05, 0) is 30.2 Å². The molecule has 0 aliphatic carbocycles. The summed E-state index contributed by atoms with van der Waals surface area (Å²) < 4.78 is 33.7. The minimum atomic E-state index is -4.11. The maximum absolute atomic E-state index is 13.6. The van der Waals surface area contributed by atoms with Crippen LogP contribution in [0.2, 0.25) is 0 Å². The summed E-state index contributed by atoms with van der Waals surface area (Å²) in [5.74, 6) is -1.54. The van der Waals surface area contributed by atoms with Gasteiger partial charge in [0.2, 0.25) is 10.0 Å². The Morgan fingerprint density at radius 1 is 1.24 bits per heavy atom. The molecule has 186 valence electrons. The second-order valence-electron chi connectivity index (χ2n) is 8.08. The van der Waals surface area contributed by atoms with Gasteiger partial charge in [-0.25, -0.2) is 13.9 Å². The van der Waals surface area contributed by atoms with Crippen LogP contribution in [0, 0.1) is 5.92 Å². The molecule has 1 unspecified atom stereocenters. The quantitative estimate of drug-likeness (QED) is 0.320. The first-order chi connectivity index (χ1) is 16.2. The van der Waals surface area contributed by atoms with Crippen LogP contribution in [0.5, 0.6) is 0 Å². The number of ether oxygens (including phenoxy) is 1. The molecule has 34 heavy (non-hydrogen) atoms. The van der Waals surface area contributed by atoms with E-state index in [9.17, 15) is 23.2 Å². The smallest absolute Gasteiger partial charge is 0.267 e. The van der Waals surface area contributed by atoms with E-state index < -0.39 is 27.9 Å². The largest absolute Gasteiger partial charge is 0.379 e. The number of sulfonamides is 1. The molecule has 2 amide bonds. The van der Waals surface area contributed by atoms with E-state index in [0.29, 0.717) is 43.4 Å². The average molecular weight is 512 g/mol. The van der Waals surface area contributed by atoms with Crippen molar-refractivity contribution in [3.63, 3.8) is 0 Å². The van der Waals surface area contributed by atoms with E-state index in [1.54, 1.807) is 24.8 Å². The first kappa shape index (κ1) is 26.2. The van der Waals surface area contributed by atoms with Gasteiger partial charge in [0.1, 0.15) is 10.9 Å². The number of carbonyl (C=O) groups is 2. The number of carbonyl (C=O) groups excluding carboxylic acids is 2. The molecular weight excluding hydrogens is 482 g/mol. The molecule has 0 spiro atoms. The predicted molar refractivity (Wildman–Crippen MR) is 126 cm³/mol. The van der Waals surface area contributed by atoms with Crippen molar-refractivity contribution in [2.24, 2.45) is 5.92 Å². The van der Waals surface area contributed by atoms with Crippen molar-refractivity contribution < 1.29 is 28.0 Å². The van der Waals surface area contributed by atoms with Gasteiger partial charge in [0, 0.05) is 31.9 Å². The Bertz CT molecular complexity index is 1050. The Labute approximate surface area is 202 Å². The van der Waals surface area contributed by atoms with Crippen LogP contribution in [0.25, 0.3) is 0 Å². The zero-order valence-corrected chi connectivity index (χ0v) is 20.6. The SMILES string of the molecule is CC(C)C(C(=O)NO)N(CCN1CCOCC1)S(=O)(=O)c1ccc(NC(=O)c2cncs2)cc1. The van der Waals surface area contributed by atoms with Gasteiger partial charge in [0.05, 0.1) is 29.8 Å². The van der Waals surface area contributed by atoms with Crippen LogP contribution in [-0.2, 0) is 19.6 Å². The maximum atomic E-state index is 13.6. The van der Waals surface area contributed by atoms with Gasteiger partial charge in [-0.1, -0.05) is 13.8 Å². The summed E-state index contributed by atoms with van der Waals surface area (Å²) in [5.41, 5.74) is 3.57. The zero-order valence-electron chi connectivity index (χ0n) is 19.0. The fraction of sp³-hybridized carbons (Fsp3) is 0.476. The summed E-state index contributed by atoms with van der Waals surface area (Å²) in [6.07, 6.45) is 1.45. The molecule has 0 radical (unpaired) electrons. The summed E-state index contributed by atoms with van der Waals surface area (Å²) in [6, 6.07) is 4.63. The Hall–Kier alpha value is -2.42. The molecule has 1 aliphatic rings. The monoisotopic (exact) mass is 511 g/mol. The van der Waals surface area contributed by atoms with Crippen LogP contribution < -0.4 is 10.8 Å². The van der Waals surface area contributed by atoms with Crippen molar-refractivity contribution in [2.45, 2.75) is 24.8 Å². The minimum absolute atomic E-state index is 0.0262. The Morgan fingerprint density at radius 2 is 1.91 bits per heavy atom. The molecule has 13 heteroatoms. The van der Waals surface area contributed by atoms with Crippen molar-refractivity contribution >= 4 is 38.9 Å². The number of amides is 2. The third-order valence-electron chi connectivity index (χ3n) is 5.44. The molecule has 2 aromatic rings. The van der Waals surface area contributed by atoms with Gasteiger partial charge in [0.15, 0.2) is 0 Å². The second-order valence-corrected chi connectivity index (χ2v) is 10.9. The molecule has 3 N–H and O–H groups in total. The highest BCUT2D eigenvalue weighted by Gasteiger charge is 2.38. The Kier molecular flexibility index (Phi) is 9.10. The van der Waals surface area contributed by atoms with Gasteiger partial charge < -0.3 is 10.1 Å². The fourth-order valence-corrected chi connectivity index (χ4v) is 5.90. The number of hydrogen-bond donors (Lipinski definition) is 3. The van der Waals surface area contributed by atoms with E-state index in [1.165, 1.54) is 41.8 Å². The summed E-state index contributed by atoms with van der Waals surface area (Å²) in [7, 11) is -4.11. The predicted octanol–water partition coefficient (Wildman–Crippen LogP) is 1.25. The summed E-state index contributed by atoms with van der Waals surface area (Å²) in [4.78, 5) is 31.0. The van der Waals surface area contributed by atoms with Crippen molar-refractivity contribution in [1.29, 1.82) is 0 Å². The number of nitrogens with one attached hydrogen (secondary N) is 2. The first-order valence-corrected chi connectivity index (χ1v) is 13.1. The first-order valence-electron chi connectivity index (χ1n) is 10.8. The van der Waals surface area contributed by atoms with E-state index in [4.69, 9.17) is 4.74 Å². The van der Waals surface area contributed by atoms with Crippen LogP contribution in [0.15, 0.2) is 40.9 Å². The van der Waals surface area contributed by atoms with Crippen molar-refractivity contribution in [3.8, 4) is 0 Å². The van der Waals surface area contributed by atoms with Crippen molar-refractivity contribution in [2.75, 3.05) is 44.7 Å². The van der Waals surface area contributed by atoms with Crippen molar-refractivity contribution in [1.82, 2.24) is 19.7 Å². The number of rotatable bonds is 10. The van der Waals surface area contributed by atoms with Crippen LogP contribution in [0.3, 0.4) is 0 Å². The van der Waals surface area contributed by atoms with Gasteiger partial charge >= 0.3 is 0 Å². The standard InChI is InChI=1S/C21H29N5O6S2/c1-15(2)19(21(28)24-29)26(8-7-25-9-11-32-12-10-25)34(30,31)17-5-3-16(4-6-17)23-20(27)18-13-22-14-33-18/h3-6,13-15,19,29H,7-12H2,1-2H3,(H,23,27)(H,24,28). The van der Waals surface area contributed by atoms with Crippen LogP contribution in [0.1, 0.15) is 23.5 Å². The lowest BCUT2D eigenvalue weighted by Crippen LogP contribution is -2.54. The highest BCUT2D eigenvalue weighted by molar-refractivity contribution is 7.89. The molecule has 1 saturated heterocycles. The number of hydrogen-bond acceptors (Lipinski definition) is 9. The molecule has 1 aromatic heterocycles. The molecular formula is C21H29N5O6S2. The molecule has 1 fully saturated rings. The normalized spacial score (nSPS) is 15.9. The molecule has 2 heterocycles. The highest BCUT2D eigenvalue weighted by Crippen LogP contribution is 2.24. The van der Waals surface area contributed by atoms with Gasteiger partial charge in [-0.2, -0.15) is 4.31 Å². The number of anilines is 1. The van der Waals surface area contributed by atoms with Crippen LogP contribution >= 0.6 is 11.3 Å². The lowest BCUT2D eigenvalue weighted by Gasteiger charge is -2.34. The van der Waals surface area contributed by atoms with E-state index in [2.05, 4.69) is 15.2 Å². The number of nitrogens with zero attached hydrogens (tertiary/aromatic N) is 3. The van der Waals surface area contributed by atoms with E-state index in [-0.39, 0.29) is 17.3 Å². The summed E-state index contributed by atoms with van der Waals surface area (Å²) in [6.45, 7) is 6.36.